The Morgan fingerprint density at radius 2 is 0.710 bits per heavy atom. The van der Waals surface area contributed by atoms with E-state index in [1.54, 1.807) is 0 Å². The van der Waals surface area contributed by atoms with Crippen LogP contribution in [0.4, 0.5) is 22.7 Å². The first-order valence-electron chi connectivity index (χ1n) is 9.74. The van der Waals surface area contributed by atoms with E-state index < -0.39 is 0 Å². The predicted octanol–water partition coefficient (Wildman–Crippen LogP) is 7.24. The highest BCUT2D eigenvalue weighted by molar-refractivity contribution is 6.20. The van der Waals surface area contributed by atoms with Crippen molar-refractivity contribution < 1.29 is 9.31 Å². The Kier molecular flexibility index (Phi) is 6.79. The number of hydrogen-bond donors (Lipinski definition) is 0. The van der Waals surface area contributed by atoms with Crippen molar-refractivity contribution in [3.63, 3.8) is 0 Å². The molecule has 0 heterocycles. The summed E-state index contributed by atoms with van der Waals surface area (Å²) >= 11 is 0. The summed E-state index contributed by atoms with van der Waals surface area (Å²) < 4.78 is 11.3. The lowest BCUT2D eigenvalue weighted by atomic mass is 10.2. The first-order chi connectivity index (χ1) is 15.3. The number of hydrogen-bond acceptors (Lipinski definition) is 6. The van der Waals surface area contributed by atoms with Gasteiger partial charge < -0.3 is 9.31 Å². The van der Waals surface area contributed by atoms with Crippen LogP contribution >= 0.6 is 0 Å². The van der Waals surface area contributed by atoms with Gasteiger partial charge in [0.25, 0.3) is 0 Å². The molecule has 0 radical (unpaired) electrons. The lowest BCUT2D eigenvalue weighted by Gasteiger charge is -2.07. The first kappa shape index (κ1) is 20.0. The Morgan fingerprint density at radius 3 is 1.06 bits per heavy atom. The minimum Gasteiger partial charge on any atom is -0.529 e. The second-order valence-electron chi connectivity index (χ2n) is 6.47. The third-order valence-electron chi connectivity index (χ3n) is 4.20. The molecular formula is C24H19BN4O2. The van der Waals surface area contributed by atoms with Crippen molar-refractivity contribution in [2.45, 2.75) is 0 Å². The molecule has 0 fully saturated rings. The molecule has 0 bridgehead atoms. The van der Waals surface area contributed by atoms with Gasteiger partial charge in [0.05, 0.1) is 22.7 Å². The van der Waals surface area contributed by atoms with Crippen LogP contribution < -0.4 is 9.31 Å². The third kappa shape index (κ3) is 6.37. The molecule has 0 atom stereocenters. The summed E-state index contributed by atoms with van der Waals surface area (Å²) in [6.45, 7) is 0. The van der Waals surface area contributed by atoms with E-state index in [2.05, 4.69) is 20.5 Å². The average molecular weight is 406 g/mol. The van der Waals surface area contributed by atoms with Gasteiger partial charge in [-0.25, -0.2) is 0 Å². The molecule has 0 aliphatic carbocycles. The van der Waals surface area contributed by atoms with Crippen LogP contribution in [0, 0.1) is 0 Å². The number of rotatable bonds is 8. The van der Waals surface area contributed by atoms with E-state index in [4.69, 9.17) is 9.31 Å². The van der Waals surface area contributed by atoms with Crippen molar-refractivity contribution in [2.24, 2.45) is 20.5 Å². The molecule has 0 aliphatic rings. The molecule has 0 saturated carbocycles. The highest BCUT2D eigenvalue weighted by Gasteiger charge is 2.01. The highest BCUT2D eigenvalue weighted by atomic mass is 16.6. The van der Waals surface area contributed by atoms with Crippen molar-refractivity contribution in [3.05, 3.63) is 109 Å². The van der Waals surface area contributed by atoms with E-state index in [0.717, 1.165) is 22.7 Å². The van der Waals surface area contributed by atoms with Crippen molar-refractivity contribution >= 4 is 30.4 Å². The quantitative estimate of drug-likeness (QED) is 0.229. The third-order valence-corrected chi connectivity index (χ3v) is 4.20. The van der Waals surface area contributed by atoms with Gasteiger partial charge in [-0.2, -0.15) is 20.5 Å². The largest absolute Gasteiger partial charge is 0.576 e. The summed E-state index contributed by atoms with van der Waals surface area (Å²) in [5.41, 5.74) is 3.11. The monoisotopic (exact) mass is 406 g/mol. The summed E-state index contributed by atoms with van der Waals surface area (Å²) in [7, 11) is 0.0930. The summed E-state index contributed by atoms with van der Waals surface area (Å²) in [5, 5.41) is 16.8. The maximum atomic E-state index is 5.63. The van der Waals surface area contributed by atoms with Crippen molar-refractivity contribution in [1.29, 1.82) is 0 Å². The molecule has 4 rings (SSSR count). The van der Waals surface area contributed by atoms with Crippen molar-refractivity contribution in [3.8, 4) is 11.5 Å². The van der Waals surface area contributed by atoms with Gasteiger partial charge >= 0.3 is 7.69 Å². The Bertz CT molecular complexity index is 1040. The van der Waals surface area contributed by atoms with Gasteiger partial charge in [-0.05, 0) is 72.8 Å². The molecule has 0 N–H and O–H groups in total. The van der Waals surface area contributed by atoms with Crippen LogP contribution in [0.3, 0.4) is 0 Å². The van der Waals surface area contributed by atoms with Crippen LogP contribution in [0.15, 0.2) is 130 Å². The van der Waals surface area contributed by atoms with Crippen LogP contribution in [0.25, 0.3) is 0 Å². The zero-order chi connectivity index (χ0) is 21.1. The van der Waals surface area contributed by atoms with E-state index in [1.165, 1.54) is 0 Å². The molecule has 0 amide bonds. The number of benzene rings is 4. The lowest BCUT2D eigenvalue weighted by Crippen LogP contribution is -2.10. The standard InChI is InChI=1S/C24H19BN4O2/c1-3-7-19(8-4-1)26-28-21-11-15-23(16-12-21)30-25-31-24-17-13-22(14-18-24)29-27-20-9-5-2-6-10-20/h1-18,25H/b28-26+,29-27+. The van der Waals surface area contributed by atoms with Crippen molar-refractivity contribution in [2.75, 3.05) is 0 Å². The van der Waals surface area contributed by atoms with Gasteiger partial charge in [0.1, 0.15) is 11.5 Å². The van der Waals surface area contributed by atoms with E-state index in [9.17, 15) is 0 Å². The average Bonchev–Trinajstić information content (AvgIpc) is 2.84. The topological polar surface area (TPSA) is 67.9 Å². The summed E-state index contributed by atoms with van der Waals surface area (Å²) in [4.78, 5) is 0. The minimum absolute atomic E-state index is 0.0930. The summed E-state index contributed by atoms with van der Waals surface area (Å²) in [6, 6.07) is 33.9. The summed E-state index contributed by atoms with van der Waals surface area (Å²) in [6.07, 6.45) is 0. The lowest BCUT2D eigenvalue weighted by molar-refractivity contribution is 0.459. The molecule has 31 heavy (non-hydrogen) atoms. The zero-order valence-corrected chi connectivity index (χ0v) is 16.7. The van der Waals surface area contributed by atoms with E-state index >= 15 is 0 Å². The number of azo groups is 2. The van der Waals surface area contributed by atoms with Gasteiger partial charge in [-0.3, -0.25) is 0 Å². The second-order valence-corrected chi connectivity index (χ2v) is 6.47. The van der Waals surface area contributed by atoms with Crippen LogP contribution in [0.1, 0.15) is 0 Å². The second kappa shape index (κ2) is 10.5. The maximum Gasteiger partial charge on any atom is 0.576 e. The maximum absolute atomic E-state index is 5.63. The highest BCUT2D eigenvalue weighted by Crippen LogP contribution is 2.23. The van der Waals surface area contributed by atoms with Gasteiger partial charge in [0.2, 0.25) is 0 Å². The minimum atomic E-state index is 0.0930. The smallest absolute Gasteiger partial charge is 0.529 e. The molecule has 4 aromatic carbocycles. The molecule has 0 unspecified atom stereocenters. The summed E-state index contributed by atoms with van der Waals surface area (Å²) in [5.74, 6) is 1.37. The Labute approximate surface area is 181 Å². The fourth-order valence-electron chi connectivity index (χ4n) is 2.60. The van der Waals surface area contributed by atoms with Gasteiger partial charge in [0, 0.05) is 0 Å². The normalized spacial score (nSPS) is 11.0. The Hall–Kier alpha value is -4.26. The molecule has 6 nitrogen and oxygen atoms in total. The fourth-order valence-corrected chi connectivity index (χ4v) is 2.60. The molecule has 0 saturated heterocycles. The molecule has 0 spiro atoms. The van der Waals surface area contributed by atoms with Crippen LogP contribution in [0.5, 0.6) is 11.5 Å². The van der Waals surface area contributed by atoms with E-state index in [0.29, 0.717) is 11.5 Å². The molecule has 150 valence electrons. The molecule has 7 heteroatoms. The molecule has 0 aliphatic heterocycles. The molecule has 4 aromatic rings. The zero-order valence-electron chi connectivity index (χ0n) is 16.7. The molecular weight excluding hydrogens is 387 g/mol. The Balaban J connectivity index is 1.24. The van der Waals surface area contributed by atoms with Gasteiger partial charge in [0.15, 0.2) is 0 Å². The van der Waals surface area contributed by atoms with Crippen molar-refractivity contribution in [1.82, 2.24) is 0 Å². The molecule has 0 aromatic heterocycles. The van der Waals surface area contributed by atoms with Gasteiger partial charge in [-0.15, -0.1) is 0 Å². The van der Waals surface area contributed by atoms with Crippen LogP contribution in [-0.4, -0.2) is 7.69 Å². The van der Waals surface area contributed by atoms with Gasteiger partial charge in [-0.1, -0.05) is 36.4 Å². The first-order valence-corrected chi connectivity index (χ1v) is 9.74. The predicted molar refractivity (Wildman–Crippen MR) is 123 cm³/mol. The number of nitrogens with zero attached hydrogens (tertiary/aromatic N) is 4. The van der Waals surface area contributed by atoms with E-state index in [1.807, 2.05) is 109 Å². The van der Waals surface area contributed by atoms with Crippen LogP contribution in [0.2, 0.25) is 0 Å². The Morgan fingerprint density at radius 1 is 0.387 bits per heavy atom. The fraction of sp³-hybridized carbons (Fsp3) is 0. The van der Waals surface area contributed by atoms with E-state index in [-0.39, 0.29) is 7.69 Å². The SMILES string of the molecule is B(Oc1ccc(/N=N/c2ccccc2)cc1)Oc1ccc(/N=N/c2ccccc2)cc1. The van der Waals surface area contributed by atoms with Crippen LogP contribution in [-0.2, 0) is 0 Å².